The summed E-state index contributed by atoms with van der Waals surface area (Å²) in [5.41, 5.74) is 3.37. The Morgan fingerprint density at radius 1 is 1.34 bits per heavy atom. The van der Waals surface area contributed by atoms with Gasteiger partial charge in [-0.25, -0.2) is 13.1 Å². The number of benzene rings is 2. The molecule has 4 rings (SSSR count). The van der Waals surface area contributed by atoms with Crippen LogP contribution in [0.25, 0.3) is 22.8 Å². The Hall–Kier alpha value is -3.75. The molecule has 0 fully saturated rings. The van der Waals surface area contributed by atoms with E-state index in [2.05, 4.69) is 20.9 Å². The molecule has 1 aliphatic carbocycles. The summed E-state index contributed by atoms with van der Waals surface area (Å²) in [5.74, 6) is -0.570. The Bertz CT molecular complexity index is 1410. The molecule has 0 saturated carbocycles. The summed E-state index contributed by atoms with van der Waals surface area (Å²) in [4.78, 5) is 15.3. The Balaban J connectivity index is 1.59. The molecule has 3 aromatic rings. The maximum Gasteiger partial charge on any atom is 0.304 e. The number of carboxylic acid groups (broad SMARTS) is 1. The number of nitrogens with zero attached hydrogens (tertiary/aromatic N) is 3. The van der Waals surface area contributed by atoms with Crippen LogP contribution in [0.4, 0.5) is 0 Å². The van der Waals surface area contributed by atoms with E-state index < -0.39 is 34.2 Å². The van der Waals surface area contributed by atoms with Crippen molar-refractivity contribution in [1.82, 2.24) is 14.9 Å². The zero-order valence-electron chi connectivity index (χ0n) is 19.2. The number of aliphatic carboxylic acids is 1. The third-order valence-electron chi connectivity index (χ3n) is 5.55. The Labute approximate surface area is 202 Å². The van der Waals surface area contributed by atoms with Crippen LogP contribution in [0.3, 0.4) is 0 Å². The monoisotopic (exact) mass is 496 g/mol. The second-order valence-electron chi connectivity index (χ2n) is 8.46. The first-order chi connectivity index (χ1) is 16.7. The van der Waals surface area contributed by atoms with Crippen molar-refractivity contribution >= 4 is 16.0 Å². The lowest BCUT2D eigenvalue weighted by atomic mass is 10.0. The van der Waals surface area contributed by atoms with Gasteiger partial charge in [-0.1, -0.05) is 23.4 Å². The van der Waals surface area contributed by atoms with E-state index in [1.54, 1.807) is 24.3 Å². The second-order valence-corrected chi connectivity index (χ2v) is 10.3. The standard InChI is InChI=1S/C24H24N4O6S/c1-14(2)33-21-9-6-15(12-16(21)13-25)24-26-23(27-34-24)19-5-3-4-18-17(19)7-8-20(18)28-35(31,32)11-10-22(29)30/h3-6,9,12,14,20,28H,7-8,10-11H2,1-2H3,(H,29,30). The van der Waals surface area contributed by atoms with Gasteiger partial charge in [0.05, 0.1) is 23.8 Å². The van der Waals surface area contributed by atoms with Crippen molar-refractivity contribution in [3.8, 4) is 34.7 Å². The summed E-state index contributed by atoms with van der Waals surface area (Å²) in [6.07, 6.45) is 0.597. The lowest BCUT2D eigenvalue weighted by Gasteiger charge is -2.14. The molecule has 1 aromatic heterocycles. The van der Waals surface area contributed by atoms with Crippen LogP contribution in [0.15, 0.2) is 40.9 Å². The molecule has 0 bridgehead atoms. The maximum atomic E-state index is 12.3. The largest absolute Gasteiger partial charge is 0.490 e. The third-order valence-corrected chi connectivity index (χ3v) is 6.94. The number of sulfonamides is 1. The topological polar surface area (TPSA) is 155 Å². The highest BCUT2D eigenvalue weighted by atomic mass is 32.2. The highest BCUT2D eigenvalue weighted by molar-refractivity contribution is 7.89. The minimum absolute atomic E-state index is 0.0754. The first kappa shape index (κ1) is 24.4. The maximum absolute atomic E-state index is 12.3. The Morgan fingerprint density at radius 3 is 2.86 bits per heavy atom. The molecule has 2 aromatic carbocycles. The quantitative estimate of drug-likeness (QED) is 0.453. The molecule has 0 radical (unpaired) electrons. The fourth-order valence-electron chi connectivity index (χ4n) is 4.04. The summed E-state index contributed by atoms with van der Waals surface area (Å²) in [7, 11) is -3.75. The molecule has 10 nitrogen and oxygen atoms in total. The van der Waals surface area contributed by atoms with Gasteiger partial charge in [-0.3, -0.25) is 4.79 Å². The number of hydrogen-bond donors (Lipinski definition) is 2. The molecule has 1 heterocycles. The molecule has 1 unspecified atom stereocenters. The van der Waals surface area contributed by atoms with E-state index in [-0.39, 0.29) is 12.0 Å². The predicted octanol–water partition coefficient (Wildman–Crippen LogP) is 3.44. The summed E-state index contributed by atoms with van der Waals surface area (Å²) in [5, 5.41) is 22.4. The van der Waals surface area contributed by atoms with Crippen LogP contribution < -0.4 is 9.46 Å². The van der Waals surface area contributed by atoms with Crippen molar-refractivity contribution in [2.45, 2.75) is 45.3 Å². The zero-order chi connectivity index (χ0) is 25.2. The number of nitrogens with one attached hydrogen (secondary N) is 1. The van der Waals surface area contributed by atoms with Crippen LogP contribution >= 0.6 is 0 Å². The molecule has 1 aliphatic rings. The number of carbonyl (C=O) groups is 1. The molecule has 2 N–H and O–H groups in total. The predicted molar refractivity (Wildman–Crippen MR) is 126 cm³/mol. The third kappa shape index (κ3) is 5.50. The van der Waals surface area contributed by atoms with Gasteiger partial charge in [0.1, 0.15) is 11.8 Å². The highest BCUT2D eigenvalue weighted by Gasteiger charge is 2.29. The van der Waals surface area contributed by atoms with Crippen molar-refractivity contribution in [2.75, 3.05) is 5.75 Å². The summed E-state index contributed by atoms with van der Waals surface area (Å²) in [6.45, 7) is 3.76. The molecule has 182 valence electrons. The number of rotatable bonds is 9. The lowest BCUT2D eigenvalue weighted by molar-refractivity contribution is -0.136. The van der Waals surface area contributed by atoms with E-state index in [0.29, 0.717) is 35.5 Å². The average Bonchev–Trinajstić information content (AvgIpc) is 3.45. The SMILES string of the molecule is CC(C)Oc1ccc(-c2nc(-c3cccc4c3CCC4NS(=O)(=O)CCC(=O)O)no2)cc1C#N. The first-order valence-electron chi connectivity index (χ1n) is 11.1. The van der Waals surface area contributed by atoms with Crippen LogP contribution in [0, 0.1) is 11.3 Å². The molecule has 0 spiro atoms. The van der Waals surface area contributed by atoms with Crippen LogP contribution in [0.1, 0.15) is 49.4 Å². The van der Waals surface area contributed by atoms with Crippen LogP contribution in [-0.2, 0) is 21.2 Å². The summed E-state index contributed by atoms with van der Waals surface area (Å²) >= 11 is 0. The number of nitriles is 1. The van der Waals surface area contributed by atoms with Crippen molar-refractivity contribution in [3.05, 3.63) is 53.1 Å². The highest BCUT2D eigenvalue weighted by Crippen LogP contribution is 2.38. The van der Waals surface area contributed by atoms with Gasteiger partial charge < -0.3 is 14.4 Å². The van der Waals surface area contributed by atoms with Crippen molar-refractivity contribution in [2.24, 2.45) is 0 Å². The Morgan fingerprint density at radius 2 is 2.14 bits per heavy atom. The smallest absolute Gasteiger partial charge is 0.304 e. The van der Waals surface area contributed by atoms with Gasteiger partial charge in [0.25, 0.3) is 5.89 Å². The molecular formula is C24H24N4O6S. The van der Waals surface area contributed by atoms with Gasteiger partial charge in [0, 0.05) is 17.2 Å². The van der Waals surface area contributed by atoms with Gasteiger partial charge in [-0.05, 0) is 56.0 Å². The van der Waals surface area contributed by atoms with E-state index in [4.69, 9.17) is 14.4 Å². The number of hydrogen-bond acceptors (Lipinski definition) is 8. The van der Waals surface area contributed by atoms with E-state index in [1.807, 2.05) is 26.0 Å². The molecule has 0 aliphatic heterocycles. The lowest BCUT2D eigenvalue weighted by Crippen LogP contribution is -2.30. The summed E-state index contributed by atoms with van der Waals surface area (Å²) in [6, 6.07) is 12.2. The van der Waals surface area contributed by atoms with Crippen LogP contribution in [-0.4, -0.2) is 41.5 Å². The van der Waals surface area contributed by atoms with Crippen molar-refractivity contribution < 1.29 is 27.6 Å². The molecule has 35 heavy (non-hydrogen) atoms. The number of fused-ring (bicyclic) bond motifs is 1. The molecule has 0 saturated heterocycles. The van der Waals surface area contributed by atoms with Gasteiger partial charge in [-0.15, -0.1) is 0 Å². The van der Waals surface area contributed by atoms with E-state index in [9.17, 15) is 18.5 Å². The van der Waals surface area contributed by atoms with E-state index in [0.717, 1.165) is 16.7 Å². The molecule has 1 atom stereocenters. The van der Waals surface area contributed by atoms with Gasteiger partial charge in [-0.2, -0.15) is 10.2 Å². The fraction of sp³-hybridized carbons (Fsp3) is 0.333. The van der Waals surface area contributed by atoms with Crippen LogP contribution in [0.2, 0.25) is 0 Å². The zero-order valence-corrected chi connectivity index (χ0v) is 20.0. The number of aromatic nitrogens is 2. The minimum atomic E-state index is -3.75. The molecular weight excluding hydrogens is 472 g/mol. The van der Waals surface area contributed by atoms with Gasteiger partial charge in [0.15, 0.2) is 0 Å². The molecule has 11 heteroatoms. The van der Waals surface area contributed by atoms with Gasteiger partial charge >= 0.3 is 5.97 Å². The van der Waals surface area contributed by atoms with Crippen molar-refractivity contribution in [3.63, 3.8) is 0 Å². The number of ether oxygens (including phenoxy) is 1. The normalized spacial score (nSPS) is 15.1. The number of carboxylic acids is 1. The Kier molecular flexibility index (Phi) is 6.86. The fourth-order valence-corrected chi connectivity index (χ4v) is 5.28. The minimum Gasteiger partial charge on any atom is -0.490 e. The first-order valence-corrected chi connectivity index (χ1v) is 12.7. The van der Waals surface area contributed by atoms with Gasteiger partial charge in [0.2, 0.25) is 15.8 Å². The van der Waals surface area contributed by atoms with Crippen molar-refractivity contribution in [1.29, 1.82) is 5.26 Å². The second kappa shape index (κ2) is 9.85. The van der Waals surface area contributed by atoms with Crippen LogP contribution in [0.5, 0.6) is 5.75 Å². The summed E-state index contributed by atoms with van der Waals surface area (Å²) < 4.78 is 38.3. The van der Waals surface area contributed by atoms with E-state index >= 15 is 0 Å². The van der Waals surface area contributed by atoms with E-state index in [1.165, 1.54) is 0 Å². The average molecular weight is 497 g/mol. The molecule has 0 amide bonds.